The van der Waals surface area contributed by atoms with Gasteiger partial charge in [0.2, 0.25) is 5.91 Å². The van der Waals surface area contributed by atoms with Crippen LogP contribution < -0.4 is 10.6 Å². The molecule has 0 aliphatic heterocycles. The van der Waals surface area contributed by atoms with Crippen LogP contribution >= 0.6 is 15.9 Å². The van der Waals surface area contributed by atoms with Gasteiger partial charge in [0, 0.05) is 17.1 Å². The second-order valence-corrected chi connectivity index (χ2v) is 5.87. The Morgan fingerprint density at radius 3 is 2.67 bits per heavy atom. The number of carbonyl (C=O) groups is 2. The van der Waals surface area contributed by atoms with E-state index in [1.807, 2.05) is 36.4 Å². The maximum Gasteiger partial charge on any atom is 0.270 e. The normalized spacial score (nSPS) is 11.2. The van der Waals surface area contributed by atoms with Crippen LogP contribution in [0.15, 0.2) is 53.1 Å². The summed E-state index contributed by atoms with van der Waals surface area (Å²) in [5.74, 6) is -0.868. The van der Waals surface area contributed by atoms with Crippen molar-refractivity contribution in [1.82, 2.24) is 15.6 Å². The summed E-state index contributed by atoms with van der Waals surface area (Å²) >= 11 is 3.28. The molecule has 0 aliphatic carbocycles. The Bertz CT molecular complexity index is 759. The van der Waals surface area contributed by atoms with E-state index in [4.69, 9.17) is 5.26 Å². The van der Waals surface area contributed by atoms with Crippen LogP contribution in [0, 0.1) is 11.3 Å². The number of pyridine rings is 1. The topological polar surface area (TPSA) is 94.9 Å². The lowest BCUT2D eigenvalue weighted by Crippen LogP contribution is -2.48. The second-order valence-electron chi connectivity index (χ2n) is 4.95. The van der Waals surface area contributed by atoms with E-state index in [-0.39, 0.29) is 12.2 Å². The van der Waals surface area contributed by atoms with Gasteiger partial charge < -0.3 is 10.6 Å². The van der Waals surface area contributed by atoms with Crippen molar-refractivity contribution >= 4 is 27.7 Å². The third kappa shape index (κ3) is 5.18. The molecule has 1 heterocycles. The minimum atomic E-state index is -0.797. The van der Waals surface area contributed by atoms with Crippen molar-refractivity contribution in [3.05, 3.63) is 64.4 Å². The quantitative estimate of drug-likeness (QED) is 0.740. The van der Waals surface area contributed by atoms with Crippen LogP contribution in [0.5, 0.6) is 0 Å². The zero-order valence-corrected chi connectivity index (χ0v) is 14.3. The molecule has 2 amide bonds. The average Bonchev–Trinajstić information content (AvgIpc) is 2.60. The van der Waals surface area contributed by atoms with Crippen molar-refractivity contribution in [2.75, 3.05) is 6.54 Å². The van der Waals surface area contributed by atoms with Crippen LogP contribution in [0.3, 0.4) is 0 Å². The molecule has 0 bridgehead atoms. The zero-order valence-electron chi connectivity index (χ0n) is 12.7. The van der Waals surface area contributed by atoms with Gasteiger partial charge in [0.1, 0.15) is 18.3 Å². The maximum absolute atomic E-state index is 12.3. The Labute approximate surface area is 148 Å². The van der Waals surface area contributed by atoms with Gasteiger partial charge in [-0.3, -0.25) is 14.6 Å². The lowest BCUT2D eigenvalue weighted by Gasteiger charge is -2.17. The highest BCUT2D eigenvalue weighted by Crippen LogP contribution is 2.10. The third-order valence-electron chi connectivity index (χ3n) is 3.20. The Kier molecular flexibility index (Phi) is 6.46. The van der Waals surface area contributed by atoms with Crippen molar-refractivity contribution in [1.29, 1.82) is 5.26 Å². The fourth-order valence-electron chi connectivity index (χ4n) is 2.07. The Morgan fingerprint density at radius 2 is 2.00 bits per heavy atom. The molecule has 2 aromatic rings. The highest BCUT2D eigenvalue weighted by molar-refractivity contribution is 9.10. The number of nitriles is 1. The molecule has 0 saturated carbocycles. The Morgan fingerprint density at radius 1 is 1.25 bits per heavy atom. The zero-order chi connectivity index (χ0) is 17.4. The molecule has 24 heavy (non-hydrogen) atoms. The van der Waals surface area contributed by atoms with Gasteiger partial charge in [-0.2, -0.15) is 5.26 Å². The summed E-state index contributed by atoms with van der Waals surface area (Å²) in [4.78, 5) is 28.6. The number of nitrogens with one attached hydrogen (secondary N) is 2. The minimum Gasteiger partial charge on any atom is -0.341 e. The van der Waals surface area contributed by atoms with Crippen LogP contribution in [0.25, 0.3) is 0 Å². The fraction of sp³-hybridized carbons (Fsp3) is 0.176. The number of hydrogen-bond donors (Lipinski definition) is 2. The highest BCUT2D eigenvalue weighted by Gasteiger charge is 2.22. The summed E-state index contributed by atoms with van der Waals surface area (Å²) in [6.45, 7) is -0.116. The van der Waals surface area contributed by atoms with E-state index in [0.717, 1.165) is 10.0 Å². The lowest BCUT2D eigenvalue weighted by atomic mass is 10.0. The highest BCUT2D eigenvalue weighted by atomic mass is 79.9. The van der Waals surface area contributed by atoms with Gasteiger partial charge in [0.15, 0.2) is 0 Å². The molecule has 2 N–H and O–H groups in total. The summed E-state index contributed by atoms with van der Waals surface area (Å²) < 4.78 is 0.719. The number of rotatable bonds is 6. The van der Waals surface area contributed by atoms with Crippen molar-refractivity contribution in [2.24, 2.45) is 0 Å². The van der Waals surface area contributed by atoms with Crippen molar-refractivity contribution in [3.63, 3.8) is 0 Å². The average molecular weight is 387 g/mol. The van der Waals surface area contributed by atoms with Crippen LogP contribution in [0.4, 0.5) is 0 Å². The number of benzene rings is 1. The van der Waals surface area contributed by atoms with Crippen molar-refractivity contribution in [3.8, 4) is 6.07 Å². The first kappa shape index (κ1) is 17.6. The smallest absolute Gasteiger partial charge is 0.270 e. The SMILES string of the molecule is N#CCNC(=O)[C@H](Cc1ccccc1)NC(=O)c1cc(Br)ccn1. The molecule has 0 spiro atoms. The molecular weight excluding hydrogens is 372 g/mol. The van der Waals surface area contributed by atoms with Crippen molar-refractivity contribution in [2.45, 2.75) is 12.5 Å². The van der Waals surface area contributed by atoms with Gasteiger partial charge in [-0.15, -0.1) is 0 Å². The standard InChI is InChI=1S/C17H15BrN4O2/c18-13-6-8-20-14(11-13)17(24)22-15(16(23)21-9-7-19)10-12-4-2-1-3-5-12/h1-6,8,11,15H,9-10H2,(H,21,23)(H,22,24)/t15-/m0/s1. The molecule has 0 radical (unpaired) electrons. The van der Waals surface area contributed by atoms with E-state index in [0.29, 0.717) is 6.42 Å². The Balaban J connectivity index is 2.14. The molecule has 1 aromatic carbocycles. The number of nitrogens with zero attached hydrogens (tertiary/aromatic N) is 2. The second kappa shape index (κ2) is 8.79. The first-order valence-electron chi connectivity index (χ1n) is 7.21. The number of halogens is 1. The third-order valence-corrected chi connectivity index (χ3v) is 3.69. The molecule has 7 heteroatoms. The molecule has 1 atom stereocenters. The van der Waals surface area contributed by atoms with Gasteiger partial charge in [0.25, 0.3) is 5.91 Å². The van der Waals surface area contributed by atoms with Crippen molar-refractivity contribution < 1.29 is 9.59 Å². The molecule has 0 aliphatic rings. The first-order valence-corrected chi connectivity index (χ1v) is 8.00. The van der Waals surface area contributed by atoms with E-state index in [1.165, 1.54) is 6.20 Å². The molecule has 1 aromatic heterocycles. The minimum absolute atomic E-state index is 0.116. The maximum atomic E-state index is 12.3. The summed E-state index contributed by atoms with van der Waals surface area (Å²) in [5.41, 5.74) is 1.10. The van der Waals surface area contributed by atoms with Gasteiger partial charge >= 0.3 is 0 Å². The predicted octanol–water partition coefficient (Wildman–Crippen LogP) is 1.82. The van der Waals surface area contributed by atoms with Gasteiger partial charge in [-0.25, -0.2) is 0 Å². The monoisotopic (exact) mass is 386 g/mol. The van der Waals surface area contributed by atoms with Crippen LogP contribution in [0.1, 0.15) is 16.1 Å². The van der Waals surface area contributed by atoms with E-state index in [9.17, 15) is 9.59 Å². The molecule has 0 saturated heterocycles. The summed E-state index contributed by atoms with van der Waals surface area (Å²) in [5, 5.41) is 13.8. The largest absolute Gasteiger partial charge is 0.341 e. The van der Waals surface area contributed by atoms with E-state index < -0.39 is 17.9 Å². The lowest BCUT2D eigenvalue weighted by molar-refractivity contribution is -0.122. The molecule has 0 fully saturated rings. The van der Waals surface area contributed by atoms with Crippen LogP contribution in [0.2, 0.25) is 0 Å². The molecule has 6 nitrogen and oxygen atoms in total. The summed E-state index contributed by atoms with van der Waals surface area (Å²) in [7, 11) is 0. The first-order chi connectivity index (χ1) is 11.6. The summed E-state index contributed by atoms with van der Waals surface area (Å²) in [6.07, 6.45) is 1.82. The molecule has 0 unspecified atom stereocenters. The van der Waals surface area contributed by atoms with Gasteiger partial charge in [-0.1, -0.05) is 46.3 Å². The number of hydrogen-bond acceptors (Lipinski definition) is 4. The predicted molar refractivity (Wildman–Crippen MR) is 92.0 cm³/mol. The summed E-state index contributed by atoms with van der Waals surface area (Å²) in [6, 6.07) is 13.7. The molecule has 122 valence electrons. The van der Waals surface area contributed by atoms with Gasteiger partial charge in [-0.05, 0) is 17.7 Å². The van der Waals surface area contributed by atoms with E-state index in [1.54, 1.807) is 12.1 Å². The van der Waals surface area contributed by atoms with Crippen LogP contribution in [-0.4, -0.2) is 29.4 Å². The van der Waals surface area contributed by atoms with E-state index in [2.05, 4.69) is 31.5 Å². The van der Waals surface area contributed by atoms with Crippen LogP contribution in [-0.2, 0) is 11.2 Å². The molecular formula is C17H15BrN4O2. The van der Waals surface area contributed by atoms with E-state index >= 15 is 0 Å². The Hall–Kier alpha value is -2.72. The number of carbonyl (C=O) groups excluding carboxylic acids is 2. The van der Waals surface area contributed by atoms with Gasteiger partial charge in [0.05, 0.1) is 6.07 Å². The number of aromatic nitrogens is 1. The number of amides is 2. The molecule has 2 rings (SSSR count). The fourth-order valence-corrected chi connectivity index (χ4v) is 2.41.